The first-order valence-electron chi connectivity index (χ1n) is 17.1. The van der Waals surface area contributed by atoms with Gasteiger partial charge in [-0.1, -0.05) is 49.8 Å². The Kier molecular flexibility index (Phi) is 9.98. The molecule has 5 aliphatic rings. The lowest BCUT2D eigenvalue weighted by molar-refractivity contribution is -0.384. The van der Waals surface area contributed by atoms with Crippen molar-refractivity contribution in [1.82, 2.24) is 0 Å². The first kappa shape index (κ1) is 34.5. The summed E-state index contributed by atoms with van der Waals surface area (Å²) >= 11 is 0. The predicted octanol–water partition coefficient (Wildman–Crippen LogP) is 5.50. The van der Waals surface area contributed by atoms with Gasteiger partial charge in [0.25, 0.3) is 5.69 Å². The average Bonchev–Trinajstić information content (AvgIpc) is 3.38. The minimum Gasteiger partial charge on any atom is -0.489 e. The van der Waals surface area contributed by atoms with Gasteiger partial charge >= 0.3 is 5.97 Å². The molecule has 1 aliphatic carbocycles. The summed E-state index contributed by atoms with van der Waals surface area (Å²) in [6.07, 6.45) is 10.3. The van der Waals surface area contributed by atoms with Crippen LogP contribution in [0, 0.1) is 27.9 Å². The van der Waals surface area contributed by atoms with Crippen molar-refractivity contribution in [2.24, 2.45) is 17.8 Å². The summed E-state index contributed by atoms with van der Waals surface area (Å²) in [6.45, 7) is 8.36. The SMILES string of the molecule is C/C1=C\CC2CC(CC3(CC[C@H](C)[C@@H](C)O3)O2)OC(=O)C2C=C(COc3ccc([N+](=O)[O-])cc3)[C@@H](O)C3OC/C(=C\C=C\C(C)C1)C23O. The van der Waals surface area contributed by atoms with E-state index in [4.69, 9.17) is 23.7 Å². The third-order valence-electron chi connectivity index (χ3n) is 10.6. The highest BCUT2D eigenvalue weighted by atomic mass is 16.7. The molecule has 0 radical (unpaired) electrons. The Morgan fingerprint density at radius 2 is 1.90 bits per heavy atom. The molecule has 4 heterocycles. The van der Waals surface area contributed by atoms with E-state index in [9.17, 15) is 25.1 Å². The van der Waals surface area contributed by atoms with E-state index >= 15 is 0 Å². The third kappa shape index (κ3) is 7.02. The number of benzene rings is 1. The van der Waals surface area contributed by atoms with Crippen molar-refractivity contribution in [2.75, 3.05) is 13.2 Å². The molecule has 6 rings (SSSR count). The highest BCUT2D eigenvalue weighted by molar-refractivity contribution is 5.78. The number of esters is 1. The molecule has 3 fully saturated rings. The highest BCUT2D eigenvalue weighted by Crippen LogP contribution is 2.47. The van der Waals surface area contributed by atoms with Crippen LogP contribution in [-0.2, 0) is 23.7 Å². The maximum atomic E-state index is 14.3. The number of hydrogen-bond donors (Lipinski definition) is 2. The number of nitro groups is 1. The lowest BCUT2D eigenvalue weighted by Crippen LogP contribution is -2.58. The Labute approximate surface area is 281 Å². The standard InChI is InChI=1S/C37H47NO10/c1-22-6-5-7-27-21-45-34-33(39)26(20-44-29-12-9-28(10-13-29)38(42)43)17-32(37(27,34)41)35(40)46-31-18-30(11-8-23(2)16-22)48-36(19-31)15-14-24(3)25(4)47-36/h5-10,12-13,17,22,24-25,30-34,39,41H,11,14-16,18-21H2,1-4H3/b6-5+,23-8+,27-7+/t22?,24-,25+,30?,31?,32?,33+,34?,36?,37?/m0/s1. The molecule has 2 N–H and O–H groups in total. The number of nitrogens with zero attached hydrogens (tertiary/aromatic N) is 1. The van der Waals surface area contributed by atoms with Gasteiger partial charge in [-0.15, -0.1) is 0 Å². The van der Waals surface area contributed by atoms with Gasteiger partial charge in [0.1, 0.15) is 42.2 Å². The van der Waals surface area contributed by atoms with Gasteiger partial charge in [0.15, 0.2) is 5.79 Å². The van der Waals surface area contributed by atoms with E-state index in [-0.39, 0.29) is 37.0 Å². The lowest BCUT2D eigenvalue weighted by Gasteiger charge is -2.49. The van der Waals surface area contributed by atoms with Crippen molar-refractivity contribution in [3.05, 3.63) is 81.5 Å². The second-order valence-corrected chi connectivity index (χ2v) is 14.3. The number of ether oxygens (including phenoxy) is 5. The van der Waals surface area contributed by atoms with Crippen molar-refractivity contribution >= 4 is 11.7 Å². The summed E-state index contributed by atoms with van der Waals surface area (Å²) in [5, 5.41) is 34.9. The van der Waals surface area contributed by atoms with Crippen molar-refractivity contribution in [3.63, 3.8) is 0 Å². The molecule has 11 nitrogen and oxygen atoms in total. The summed E-state index contributed by atoms with van der Waals surface area (Å²) < 4.78 is 31.4. The van der Waals surface area contributed by atoms with Gasteiger partial charge in [-0.05, 0) is 68.2 Å². The zero-order valence-corrected chi connectivity index (χ0v) is 28.1. The molecule has 7 unspecified atom stereocenters. The molecule has 0 saturated carbocycles. The second-order valence-electron chi connectivity index (χ2n) is 14.3. The number of rotatable bonds is 4. The van der Waals surface area contributed by atoms with Gasteiger partial charge in [0.05, 0.1) is 23.7 Å². The van der Waals surface area contributed by atoms with E-state index in [2.05, 4.69) is 39.8 Å². The van der Waals surface area contributed by atoms with Crippen LogP contribution in [-0.4, -0.2) is 76.2 Å². The van der Waals surface area contributed by atoms with Crippen LogP contribution in [0.3, 0.4) is 0 Å². The van der Waals surface area contributed by atoms with Crippen molar-refractivity contribution in [3.8, 4) is 5.75 Å². The fourth-order valence-corrected chi connectivity index (χ4v) is 7.72. The molecule has 0 amide bonds. The summed E-state index contributed by atoms with van der Waals surface area (Å²) in [5.74, 6) is -1.75. The van der Waals surface area contributed by atoms with Crippen LogP contribution >= 0.6 is 0 Å². The van der Waals surface area contributed by atoms with Gasteiger partial charge in [-0.25, -0.2) is 0 Å². The minimum absolute atomic E-state index is 0.0116. The van der Waals surface area contributed by atoms with Crippen LogP contribution in [0.1, 0.15) is 66.2 Å². The maximum Gasteiger partial charge on any atom is 0.316 e. The molecule has 1 aromatic carbocycles. The van der Waals surface area contributed by atoms with Gasteiger partial charge in [-0.3, -0.25) is 14.9 Å². The predicted molar refractivity (Wildman–Crippen MR) is 176 cm³/mol. The number of non-ortho nitro benzene ring substituents is 1. The van der Waals surface area contributed by atoms with Gasteiger partial charge in [0, 0.05) is 31.4 Å². The minimum atomic E-state index is -1.86. The Balaban J connectivity index is 1.33. The third-order valence-corrected chi connectivity index (χ3v) is 10.6. The highest BCUT2D eigenvalue weighted by Gasteiger charge is 2.60. The van der Waals surface area contributed by atoms with Crippen LogP contribution in [0.25, 0.3) is 0 Å². The molecule has 1 spiro atoms. The van der Waals surface area contributed by atoms with Crippen molar-refractivity contribution in [2.45, 2.75) is 108 Å². The molecule has 2 bridgehead atoms. The smallest absolute Gasteiger partial charge is 0.316 e. The number of hydrogen-bond acceptors (Lipinski definition) is 10. The van der Waals surface area contributed by atoms with E-state index < -0.39 is 46.5 Å². The van der Waals surface area contributed by atoms with E-state index in [1.807, 2.05) is 6.08 Å². The van der Waals surface area contributed by atoms with Crippen molar-refractivity contribution in [1.29, 1.82) is 0 Å². The zero-order valence-electron chi connectivity index (χ0n) is 28.1. The van der Waals surface area contributed by atoms with Gasteiger partial charge < -0.3 is 33.9 Å². The zero-order chi connectivity index (χ0) is 34.2. The maximum absolute atomic E-state index is 14.3. The number of allylic oxidation sites excluding steroid dienone is 4. The van der Waals surface area contributed by atoms with E-state index in [1.165, 1.54) is 35.9 Å². The molecule has 11 heteroatoms. The largest absolute Gasteiger partial charge is 0.489 e. The number of carbonyl (C=O) groups is 1. The lowest BCUT2D eigenvalue weighted by atomic mass is 9.70. The van der Waals surface area contributed by atoms with E-state index in [0.29, 0.717) is 48.5 Å². The van der Waals surface area contributed by atoms with Gasteiger partial charge in [0.2, 0.25) is 0 Å². The summed E-state index contributed by atoms with van der Waals surface area (Å²) in [7, 11) is 0. The van der Waals surface area contributed by atoms with E-state index in [0.717, 1.165) is 12.8 Å². The fourth-order valence-electron chi connectivity index (χ4n) is 7.72. The number of aliphatic hydroxyl groups is 2. The molecular formula is C37H47NO10. The summed E-state index contributed by atoms with van der Waals surface area (Å²) in [5.41, 5.74) is 0.114. The Bertz CT molecular complexity index is 1500. The number of carbonyl (C=O) groups excluding carboxylic acids is 1. The topological polar surface area (TPSA) is 147 Å². The van der Waals surface area contributed by atoms with Crippen LogP contribution in [0.5, 0.6) is 5.75 Å². The molecule has 48 heavy (non-hydrogen) atoms. The average molecular weight is 666 g/mol. The number of aliphatic hydroxyl groups excluding tert-OH is 1. The monoisotopic (exact) mass is 665 g/mol. The van der Waals surface area contributed by atoms with Crippen LogP contribution in [0.4, 0.5) is 5.69 Å². The quantitative estimate of drug-likeness (QED) is 0.183. The second kappa shape index (κ2) is 13.9. The van der Waals surface area contributed by atoms with Crippen LogP contribution < -0.4 is 4.74 Å². The van der Waals surface area contributed by atoms with Crippen molar-refractivity contribution < 1.29 is 43.6 Å². The summed E-state index contributed by atoms with van der Waals surface area (Å²) in [4.78, 5) is 24.8. The molecule has 3 saturated heterocycles. The Hall–Kier alpha value is -3.35. The molecule has 10 atom stereocenters. The fraction of sp³-hybridized carbons (Fsp3) is 0.595. The number of fused-ring (bicyclic) bond motifs is 2. The summed E-state index contributed by atoms with van der Waals surface area (Å²) in [6, 6.07) is 5.59. The number of nitro benzene ring substituents is 1. The molecule has 4 aliphatic heterocycles. The first-order chi connectivity index (χ1) is 22.9. The molecular weight excluding hydrogens is 618 g/mol. The van der Waals surface area contributed by atoms with Crippen LogP contribution in [0.2, 0.25) is 0 Å². The van der Waals surface area contributed by atoms with E-state index in [1.54, 1.807) is 6.08 Å². The van der Waals surface area contributed by atoms with Crippen LogP contribution in [0.15, 0.2) is 71.4 Å². The molecule has 1 aromatic rings. The first-order valence-corrected chi connectivity index (χ1v) is 17.1. The Morgan fingerprint density at radius 3 is 2.62 bits per heavy atom. The molecule has 0 aromatic heterocycles. The normalized spacial score (nSPS) is 41.5. The Morgan fingerprint density at radius 1 is 1.12 bits per heavy atom. The van der Waals surface area contributed by atoms with Gasteiger partial charge in [-0.2, -0.15) is 0 Å². The molecule has 260 valence electrons.